The molecular weight excluding hydrogens is 328 g/mol. The molecule has 26 heavy (non-hydrogen) atoms. The highest BCUT2D eigenvalue weighted by Gasteiger charge is 2.33. The molecule has 0 spiro atoms. The summed E-state index contributed by atoms with van der Waals surface area (Å²) in [5.74, 6) is 1.70. The Hall–Kier alpha value is -2.53. The van der Waals surface area contributed by atoms with Crippen molar-refractivity contribution in [1.82, 2.24) is 5.32 Å². The van der Waals surface area contributed by atoms with E-state index in [4.69, 9.17) is 9.47 Å². The van der Waals surface area contributed by atoms with Gasteiger partial charge in [-0.1, -0.05) is 30.3 Å². The number of amides is 1. The first kappa shape index (κ1) is 18.3. The molecule has 1 heterocycles. The zero-order chi connectivity index (χ0) is 18.4. The second-order valence-corrected chi connectivity index (χ2v) is 6.65. The summed E-state index contributed by atoms with van der Waals surface area (Å²) in [7, 11) is 3.33. The average Bonchev–Trinajstić information content (AvgIpc) is 3.14. The highest BCUT2D eigenvalue weighted by molar-refractivity contribution is 5.76. The Morgan fingerprint density at radius 2 is 1.96 bits per heavy atom. The maximum atomic E-state index is 12.4. The van der Waals surface area contributed by atoms with E-state index in [0.29, 0.717) is 13.1 Å². The van der Waals surface area contributed by atoms with E-state index in [0.717, 1.165) is 42.0 Å². The third-order valence-corrected chi connectivity index (χ3v) is 5.02. The third kappa shape index (κ3) is 4.35. The van der Waals surface area contributed by atoms with Crippen molar-refractivity contribution < 1.29 is 19.2 Å². The first-order valence-corrected chi connectivity index (χ1v) is 9.08. The van der Waals surface area contributed by atoms with Crippen LogP contribution in [0, 0.1) is 0 Å². The minimum atomic E-state index is 0.0863. The predicted molar refractivity (Wildman–Crippen MR) is 101 cm³/mol. The summed E-state index contributed by atoms with van der Waals surface area (Å²) >= 11 is 0. The van der Waals surface area contributed by atoms with Gasteiger partial charge in [-0.25, -0.2) is 0 Å². The third-order valence-electron chi connectivity index (χ3n) is 5.02. The number of carbonyl (C=O) groups excluding carboxylic acids is 1. The molecule has 0 bridgehead atoms. The topological polar surface area (TPSA) is 52.0 Å². The standard InChI is InChI=1S/C21H26N2O3/c1-25-17-10-11-18(20(13-17)26-2)19-9-6-12-23(19)15-21(24)22-14-16-7-4-3-5-8-16/h3-5,7-8,10-11,13,19H,6,9,12,14-15H2,1-2H3,(H,22,24)/p+1/t19-/m0/s1. The summed E-state index contributed by atoms with van der Waals surface area (Å²) in [6, 6.07) is 16.2. The van der Waals surface area contributed by atoms with Crippen LogP contribution in [0.25, 0.3) is 0 Å². The molecule has 1 unspecified atom stereocenters. The van der Waals surface area contributed by atoms with Crippen molar-refractivity contribution >= 4 is 5.91 Å². The molecule has 1 fully saturated rings. The zero-order valence-corrected chi connectivity index (χ0v) is 15.5. The van der Waals surface area contributed by atoms with Crippen molar-refractivity contribution in [3.8, 4) is 11.5 Å². The van der Waals surface area contributed by atoms with Crippen LogP contribution in [-0.2, 0) is 11.3 Å². The van der Waals surface area contributed by atoms with Gasteiger partial charge in [0.15, 0.2) is 6.54 Å². The summed E-state index contributed by atoms with van der Waals surface area (Å²) in [5.41, 5.74) is 2.27. The highest BCUT2D eigenvalue weighted by Crippen LogP contribution is 2.31. The molecule has 5 heteroatoms. The van der Waals surface area contributed by atoms with Crippen molar-refractivity contribution in [3.63, 3.8) is 0 Å². The van der Waals surface area contributed by atoms with Crippen LogP contribution in [0.2, 0.25) is 0 Å². The van der Waals surface area contributed by atoms with Crippen molar-refractivity contribution in [2.45, 2.75) is 25.4 Å². The number of rotatable bonds is 7. The van der Waals surface area contributed by atoms with Gasteiger partial charge in [-0.15, -0.1) is 0 Å². The molecule has 2 atom stereocenters. The maximum Gasteiger partial charge on any atom is 0.275 e. The number of quaternary nitrogens is 1. The van der Waals surface area contributed by atoms with E-state index in [-0.39, 0.29) is 11.9 Å². The fourth-order valence-electron chi connectivity index (χ4n) is 3.67. The van der Waals surface area contributed by atoms with Crippen LogP contribution < -0.4 is 19.7 Å². The van der Waals surface area contributed by atoms with Crippen LogP contribution in [0.1, 0.15) is 30.0 Å². The molecule has 0 saturated carbocycles. The Bertz CT molecular complexity index is 733. The van der Waals surface area contributed by atoms with E-state index in [1.807, 2.05) is 42.5 Å². The van der Waals surface area contributed by atoms with Crippen molar-refractivity contribution in [2.24, 2.45) is 0 Å². The zero-order valence-electron chi connectivity index (χ0n) is 15.5. The quantitative estimate of drug-likeness (QED) is 0.795. The number of hydrogen-bond donors (Lipinski definition) is 2. The molecule has 3 rings (SSSR count). The molecular formula is C21H27N2O3+. The van der Waals surface area contributed by atoms with Gasteiger partial charge in [0.25, 0.3) is 5.91 Å². The second kappa shape index (κ2) is 8.72. The number of ether oxygens (including phenoxy) is 2. The molecule has 1 amide bonds. The van der Waals surface area contributed by atoms with Crippen LogP contribution in [0.5, 0.6) is 11.5 Å². The van der Waals surface area contributed by atoms with Crippen LogP contribution in [0.4, 0.5) is 0 Å². The number of nitrogens with one attached hydrogen (secondary N) is 2. The van der Waals surface area contributed by atoms with Crippen LogP contribution in [-0.4, -0.2) is 33.2 Å². The van der Waals surface area contributed by atoms with Gasteiger partial charge in [0, 0.05) is 25.5 Å². The normalized spacial score (nSPS) is 19.2. The largest absolute Gasteiger partial charge is 0.497 e. The molecule has 5 nitrogen and oxygen atoms in total. The number of carbonyl (C=O) groups is 1. The fourth-order valence-corrected chi connectivity index (χ4v) is 3.67. The summed E-state index contributed by atoms with van der Waals surface area (Å²) in [6.07, 6.45) is 2.17. The van der Waals surface area contributed by atoms with Crippen molar-refractivity contribution in [2.75, 3.05) is 27.3 Å². The molecule has 1 aliphatic heterocycles. The van der Waals surface area contributed by atoms with Gasteiger partial charge in [0.1, 0.15) is 17.5 Å². The lowest BCUT2D eigenvalue weighted by Crippen LogP contribution is -3.11. The first-order chi connectivity index (χ1) is 12.7. The van der Waals surface area contributed by atoms with Gasteiger partial charge in [0.2, 0.25) is 0 Å². The molecule has 1 aliphatic rings. The lowest BCUT2D eigenvalue weighted by Gasteiger charge is -2.23. The number of methoxy groups -OCH3 is 2. The second-order valence-electron chi connectivity index (χ2n) is 6.65. The van der Waals surface area contributed by atoms with Crippen molar-refractivity contribution in [1.29, 1.82) is 0 Å². The monoisotopic (exact) mass is 355 g/mol. The van der Waals surface area contributed by atoms with Crippen LogP contribution in [0.15, 0.2) is 48.5 Å². The van der Waals surface area contributed by atoms with E-state index in [1.165, 1.54) is 4.90 Å². The number of benzene rings is 2. The number of likely N-dealkylation sites (tertiary alicyclic amines) is 1. The van der Waals surface area contributed by atoms with E-state index in [2.05, 4.69) is 11.4 Å². The minimum absolute atomic E-state index is 0.0863. The minimum Gasteiger partial charge on any atom is -0.497 e. The Morgan fingerprint density at radius 1 is 1.15 bits per heavy atom. The predicted octanol–water partition coefficient (Wildman–Crippen LogP) is 1.74. The molecule has 0 radical (unpaired) electrons. The van der Waals surface area contributed by atoms with E-state index < -0.39 is 0 Å². The van der Waals surface area contributed by atoms with Crippen LogP contribution >= 0.6 is 0 Å². The van der Waals surface area contributed by atoms with Gasteiger partial charge in [-0.2, -0.15) is 0 Å². The van der Waals surface area contributed by atoms with Crippen molar-refractivity contribution in [3.05, 3.63) is 59.7 Å². The molecule has 138 valence electrons. The summed E-state index contributed by atoms with van der Waals surface area (Å²) in [6.45, 7) is 2.05. The maximum absolute atomic E-state index is 12.4. The Morgan fingerprint density at radius 3 is 2.69 bits per heavy atom. The summed E-state index contributed by atoms with van der Waals surface area (Å²) < 4.78 is 10.9. The average molecular weight is 355 g/mol. The molecule has 2 aromatic rings. The molecule has 2 aromatic carbocycles. The first-order valence-electron chi connectivity index (χ1n) is 9.08. The van der Waals surface area contributed by atoms with Gasteiger partial charge in [-0.3, -0.25) is 4.79 Å². The summed E-state index contributed by atoms with van der Waals surface area (Å²) in [4.78, 5) is 13.7. The molecule has 0 aromatic heterocycles. The van der Waals surface area contributed by atoms with Gasteiger partial charge >= 0.3 is 0 Å². The van der Waals surface area contributed by atoms with Gasteiger partial charge < -0.3 is 19.7 Å². The molecule has 2 N–H and O–H groups in total. The highest BCUT2D eigenvalue weighted by atomic mass is 16.5. The van der Waals surface area contributed by atoms with E-state index in [9.17, 15) is 4.79 Å². The SMILES string of the molecule is COc1ccc([C@@H]2CCC[NH+]2CC(=O)NCc2ccccc2)c(OC)c1. The number of hydrogen-bond acceptors (Lipinski definition) is 3. The lowest BCUT2D eigenvalue weighted by molar-refractivity contribution is -0.910. The smallest absolute Gasteiger partial charge is 0.275 e. The Kier molecular flexibility index (Phi) is 6.12. The van der Waals surface area contributed by atoms with E-state index >= 15 is 0 Å². The fraction of sp³-hybridized carbons (Fsp3) is 0.381. The summed E-state index contributed by atoms with van der Waals surface area (Å²) in [5, 5.41) is 3.03. The van der Waals surface area contributed by atoms with Crippen LogP contribution in [0.3, 0.4) is 0 Å². The van der Waals surface area contributed by atoms with Gasteiger partial charge in [0.05, 0.1) is 26.3 Å². The Balaban J connectivity index is 1.64. The molecule has 0 aliphatic carbocycles. The molecule has 1 saturated heterocycles. The van der Waals surface area contributed by atoms with Gasteiger partial charge in [-0.05, 0) is 17.7 Å². The lowest BCUT2D eigenvalue weighted by atomic mass is 10.0. The van der Waals surface area contributed by atoms with E-state index in [1.54, 1.807) is 14.2 Å². The Labute approximate surface area is 154 Å².